The van der Waals surface area contributed by atoms with E-state index in [-0.39, 0.29) is 11.5 Å². The maximum absolute atomic E-state index is 12.4. The lowest BCUT2D eigenvalue weighted by molar-refractivity contribution is -0.117. The summed E-state index contributed by atoms with van der Waals surface area (Å²) < 4.78 is 12.3. The second kappa shape index (κ2) is 9.22. The molecule has 1 N–H and O–H groups in total. The van der Waals surface area contributed by atoms with Gasteiger partial charge in [-0.25, -0.2) is 9.61 Å². The Morgan fingerprint density at radius 1 is 1.03 bits per heavy atom. The van der Waals surface area contributed by atoms with Crippen molar-refractivity contribution in [1.29, 1.82) is 0 Å². The SMILES string of the molecule is COc1ccc(-c2cc3c(=O)[nH]nc(SCc4ccc(N5CCCC5=O)cc4)n3n2)cc1OC. The molecule has 3 heterocycles. The van der Waals surface area contributed by atoms with Gasteiger partial charge in [-0.2, -0.15) is 5.10 Å². The third kappa shape index (κ3) is 4.12. The Morgan fingerprint density at radius 2 is 1.82 bits per heavy atom. The number of methoxy groups -OCH3 is 2. The first kappa shape index (κ1) is 22.0. The molecule has 0 radical (unpaired) electrons. The highest BCUT2D eigenvalue weighted by Gasteiger charge is 2.21. The molecule has 0 spiro atoms. The second-order valence-corrected chi connectivity index (χ2v) is 8.78. The molecule has 0 atom stereocenters. The number of hydrogen-bond acceptors (Lipinski definition) is 7. The van der Waals surface area contributed by atoms with E-state index in [1.54, 1.807) is 30.9 Å². The molecular weight excluding hydrogens is 454 g/mol. The van der Waals surface area contributed by atoms with Crippen LogP contribution < -0.4 is 19.9 Å². The Hall–Kier alpha value is -3.79. The fourth-order valence-corrected chi connectivity index (χ4v) is 4.82. The number of rotatable bonds is 7. The summed E-state index contributed by atoms with van der Waals surface area (Å²) >= 11 is 1.47. The van der Waals surface area contributed by atoms with Crippen LogP contribution in [-0.4, -0.2) is 46.5 Å². The number of nitrogens with one attached hydrogen (secondary N) is 1. The monoisotopic (exact) mass is 477 g/mol. The minimum absolute atomic E-state index is 0.172. The number of benzene rings is 2. The van der Waals surface area contributed by atoms with Crippen molar-refractivity contribution in [1.82, 2.24) is 19.8 Å². The van der Waals surface area contributed by atoms with E-state index in [1.807, 2.05) is 41.3 Å². The van der Waals surface area contributed by atoms with Crippen LogP contribution in [0.3, 0.4) is 0 Å². The van der Waals surface area contributed by atoms with E-state index in [9.17, 15) is 9.59 Å². The van der Waals surface area contributed by atoms with E-state index in [0.717, 1.165) is 29.8 Å². The van der Waals surface area contributed by atoms with Gasteiger partial charge in [-0.15, -0.1) is 5.10 Å². The lowest BCUT2D eigenvalue weighted by Crippen LogP contribution is -2.23. The molecule has 2 aromatic carbocycles. The predicted octanol–water partition coefficient (Wildman–Crippen LogP) is 3.52. The Balaban J connectivity index is 1.39. The lowest BCUT2D eigenvalue weighted by Gasteiger charge is -2.15. The first-order chi connectivity index (χ1) is 16.6. The van der Waals surface area contributed by atoms with Crippen molar-refractivity contribution in [2.45, 2.75) is 23.8 Å². The third-order valence-corrected chi connectivity index (χ3v) is 6.75. The number of nitrogens with zero attached hydrogens (tertiary/aromatic N) is 4. The number of thioether (sulfide) groups is 1. The fourth-order valence-electron chi connectivity index (χ4n) is 3.96. The van der Waals surface area contributed by atoms with Gasteiger partial charge in [-0.05, 0) is 48.4 Å². The van der Waals surface area contributed by atoms with Crippen LogP contribution in [0.15, 0.2) is 58.5 Å². The molecule has 174 valence electrons. The molecule has 1 fully saturated rings. The van der Waals surface area contributed by atoms with Gasteiger partial charge in [-0.1, -0.05) is 23.9 Å². The molecule has 0 bridgehead atoms. The van der Waals surface area contributed by atoms with E-state index in [0.29, 0.717) is 40.0 Å². The zero-order valence-electron chi connectivity index (χ0n) is 18.8. The Bertz CT molecular complexity index is 1410. The number of amides is 1. The van der Waals surface area contributed by atoms with Crippen molar-refractivity contribution in [2.75, 3.05) is 25.7 Å². The first-order valence-electron chi connectivity index (χ1n) is 10.8. The normalized spacial score (nSPS) is 13.6. The van der Waals surface area contributed by atoms with Gasteiger partial charge in [0.1, 0.15) is 5.52 Å². The van der Waals surface area contributed by atoms with E-state index in [4.69, 9.17) is 9.47 Å². The van der Waals surface area contributed by atoms with Crippen molar-refractivity contribution in [2.24, 2.45) is 0 Å². The average Bonchev–Trinajstić information content (AvgIpc) is 3.51. The molecule has 2 aromatic heterocycles. The number of carbonyl (C=O) groups excluding carboxylic acids is 1. The average molecular weight is 478 g/mol. The largest absolute Gasteiger partial charge is 0.493 e. The summed E-state index contributed by atoms with van der Waals surface area (Å²) in [5, 5.41) is 12.0. The number of carbonyl (C=O) groups is 1. The van der Waals surface area contributed by atoms with Crippen LogP contribution >= 0.6 is 11.8 Å². The smallest absolute Gasteiger partial charge is 0.290 e. The van der Waals surface area contributed by atoms with Gasteiger partial charge in [0.2, 0.25) is 11.1 Å². The minimum Gasteiger partial charge on any atom is -0.493 e. The lowest BCUT2D eigenvalue weighted by atomic mass is 10.1. The summed E-state index contributed by atoms with van der Waals surface area (Å²) in [7, 11) is 3.15. The molecule has 10 heteroatoms. The van der Waals surface area contributed by atoms with Crippen LogP contribution in [-0.2, 0) is 10.5 Å². The van der Waals surface area contributed by atoms with Gasteiger partial charge in [0.25, 0.3) is 5.56 Å². The summed E-state index contributed by atoms with van der Waals surface area (Å²) in [6.07, 6.45) is 1.51. The number of H-pyrrole nitrogens is 1. The van der Waals surface area contributed by atoms with E-state index in [2.05, 4.69) is 15.3 Å². The van der Waals surface area contributed by atoms with Crippen molar-refractivity contribution < 1.29 is 14.3 Å². The first-order valence-corrected chi connectivity index (χ1v) is 11.8. The summed E-state index contributed by atoms with van der Waals surface area (Å²) in [5.74, 6) is 2.00. The van der Waals surface area contributed by atoms with Crippen LogP contribution in [0.25, 0.3) is 16.8 Å². The molecule has 1 amide bonds. The second-order valence-electron chi connectivity index (χ2n) is 7.84. The molecular formula is C24H23N5O4S. The quantitative estimate of drug-likeness (QED) is 0.406. The van der Waals surface area contributed by atoms with Gasteiger partial charge >= 0.3 is 0 Å². The van der Waals surface area contributed by atoms with E-state index in [1.165, 1.54) is 11.8 Å². The number of aromatic amines is 1. The minimum atomic E-state index is -0.316. The highest BCUT2D eigenvalue weighted by atomic mass is 32.2. The Kier molecular flexibility index (Phi) is 5.97. The maximum atomic E-state index is 12.4. The molecule has 0 aliphatic carbocycles. The van der Waals surface area contributed by atoms with Crippen LogP contribution in [0.1, 0.15) is 18.4 Å². The van der Waals surface area contributed by atoms with Gasteiger partial charge in [-0.3, -0.25) is 9.59 Å². The standard InChI is InChI=1S/C24H23N5O4S/c1-32-20-10-7-16(12-21(20)33-2)18-13-19-23(31)25-26-24(29(19)27-18)34-14-15-5-8-17(9-6-15)28-11-3-4-22(28)30/h5-10,12-13H,3-4,11,14H2,1-2H3,(H,25,31). The number of aromatic nitrogens is 4. The van der Waals surface area contributed by atoms with Crippen molar-refractivity contribution in [3.8, 4) is 22.8 Å². The molecule has 4 aromatic rings. The molecule has 34 heavy (non-hydrogen) atoms. The van der Waals surface area contributed by atoms with Gasteiger partial charge in [0.05, 0.1) is 19.9 Å². The highest BCUT2D eigenvalue weighted by molar-refractivity contribution is 7.98. The summed E-state index contributed by atoms with van der Waals surface area (Å²) in [5.41, 5.74) is 3.51. The van der Waals surface area contributed by atoms with Crippen molar-refractivity contribution in [3.63, 3.8) is 0 Å². The molecule has 1 aliphatic heterocycles. The number of hydrogen-bond donors (Lipinski definition) is 1. The predicted molar refractivity (Wildman–Crippen MR) is 130 cm³/mol. The summed E-state index contributed by atoms with van der Waals surface area (Å²) in [6.45, 7) is 0.772. The molecule has 9 nitrogen and oxygen atoms in total. The maximum Gasteiger partial charge on any atom is 0.290 e. The molecule has 0 saturated carbocycles. The zero-order valence-corrected chi connectivity index (χ0v) is 19.6. The summed E-state index contributed by atoms with van der Waals surface area (Å²) in [6, 6.07) is 15.2. The topological polar surface area (TPSA) is 102 Å². The van der Waals surface area contributed by atoms with Crippen LogP contribution in [0.5, 0.6) is 11.5 Å². The van der Waals surface area contributed by atoms with Gasteiger partial charge in [0, 0.05) is 30.0 Å². The number of ether oxygens (including phenoxy) is 2. The van der Waals surface area contributed by atoms with Crippen LogP contribution in [0, 0.1) is 0 Å². The number of anilines is 1. The fraction of sp³-hybridized carbons (Fsp3) is 0.250. The zero-order chi connectivity index (χ0) is 23.7. The van der Waals surface area contributed by atoms with Crippen molar-refractivity contribution in [3.05, 3.63) is 64.4 Å². The third-order valence-electron chi connectivity index (χ3n) is 5.74. The molecule has 0 unspecified atom stereocenters. The Morgan fingerprint density at radius 3 is 2.53 bits per heavy atom. The van der Waals surface area contributed by atoms with Crippen molar-refractivity contribution >= 4 is 28.9 Å². The van der Waals surface area contributed by atoms with Crippen LogP contribution in [0.2, 0.25) is 0 Å². The number of fused-ring (bicyclic) bond motifs is 1. The van der Waals surface area contributed by atoms with Gasteiger partial charge < -0.3 is 14.4 Å². The highest BCUT2D eigenvalue weighted by Crippen LogP contribution is 2.32. The molecule has 1 aliphatic rings. The van der Waals surface area contributed by atoms with E-state index >= 15 is 0 Å². The molecule has 1 saturated heterocycles. The van der Waals surface area contributed by atoms with E-state index < -0.39 is 0 Å². The van der Waals surface area contributed by atoms with Crippen LogP contribution in [0.4, 0.5) is 5.69 Å². The molecule has 5 rings (SSSR count). The van der Waals surface area contributed by atoms with Gasteiger partial charge in [0.15, 0.2) is 11.5 Å². The Labute approximate surface area is 199 Å². The summed E-state index contributed by atoms with van der Waals surface area (Å²) in [4.78, 5) is 26.2.